The zero-order valence-corrected chi connectivity index (χ0v) is 17.8. The molecule has 0 aliphatic carbocycles. The van der Waals surface area contributed by atoms with Crippen molar-refractivity contribution in [3.8, 4) is 5.75 Å². The van der Waals surface area contributed by atoms with Gasteiger partial charge in [0.05, 0.1) is 18.7 Å². The molecular weight excluding hydrogens is 382 g/mol. The summed E-state index contributed by atoms with van der Waals surface area (Å²) in [5, 5.41) is 11.1. The zero-order chi connectivity index (χ0) is 21.8. The highest BCUT2D eigenvalue weighted by Gasteiger charge is 2.45. The lowest BCUT2D eigenvalue weighted by Crippen LogP contribution is -2.31. The molecule has 158 valence electrons. The fraction of sp³-hybridized carbons (Fsp3) is 0.333. The fourth-order valence-corrected chi connectivity index (χ4v) is 3.77. The highest BCUT2D eigenvalue weighted by Crippen LogP contribution is 2.40. The summed E-state index contributed by atoms with van der Waals surface area (Å²) in [6, 6.07) is 12.2. The van der Waals surface area contributed by atoms with Gasteiger partial charge in [-0.1, -0.05) is 29.8 Å². The van der Waals surface area contributed by atoms with Gasteiger partial charge in [-0.15, -0.1) is 0 Å². The molecule has 0 saturated carbocycles. The molecule has 0 aromatic heterocycles. The predicted octanol–water partition coefficient (Wildman–Crippen LogP) is 3.77. The second kappa shape index (κ2) is 9.13. The maximum atomic E-state index is 13.0. The number of hydrogen-bond acceptors (Lipinski definition) is 5. The summed E-state index contributed by atoms with van der Waals surface area (Å²) >= 11 is 0. The van der Waals surface area contributed by atoms with E-state index >= 15 is 0 Å². The van der Waals surface area contributed by atoms with Gasteiger partial charge in [0.1, 0.15) is 11.5 Å². The molecule has 0 spiro atoms. The molecule has 1 atom stereocenters. The summed E-state index contributed by atoms with van der Waals surface area (Å²) in [7, 11) is 3.17. The van der Waals surface area contributed by atoms with Crippen LogP contribution in [0.2, 0.25) is 0 Å². The summed E-state index contributed by atoms with van der Waals surface area (Å²) in [5.74, 6) is -0.784. The molecule has 1 heterocycles. The Labute approximate surface area is 176 Å². The lowest BCUT2D eigenvalue weighted by molar-refractivity contribution is -0.140. The molecule has 1 saturated heterocycles. The number of ketones is 1. The Bertz CT molecular complexity index is 978. The van der Waals surface area contributed by atoms with Gasteiger partial charge in [-0.05, 0) is 49.6 Å². The molecule has 3 rings (SSSR count). The molecular formula is C24H27NO5. The van der Waals surface area contributed by atoms with Gasteiger partial charge in [0.25, 0.3) is 11.7 Å². The summed E-state index contributed by atoms with van der Waals surface area (Å²) in [5.41, 5.74) is 3.25. The number of Topliss-reactive ketones (excluding diaryl/α,β-unsaturated/α-hetero) is 1. The largest absolute Gasteiger partial charge is 0.507 e. The van der Waals surface area contributed by atoms with Crippen molar-refractivity contribution in [2.24, 2.45) is 0 Å². The number of amides is 1. The second-order valence-corrected chi connectivity index (χ2v) is 7.43. The van der Waals surface area contributed by atoms with E-state index in [9.17, 15) is 14.7 Å². The molecule has 1 N–H and O–H groups in total. The Morgan fingerprint density at radius 3 is 2.37 bits per heavy atom. The van der Waals surface area contributed by atoms with E-state index in [1.54, 1.807) is 32.4 Å². The Kier molecular flexibility index (Phi) is 6.57. The molecule has 1 fully saturated rings. The molecule has 0 unspecified atom stereocenters. The molecule has 1 aliphatic heterocycles. The van der Waals surface area contributed by atoms with Gasteiger partial charge in [0.15, 0.2) is 0 Å². The maximum absolute atomic E-state index is 13.0. The number of ether oxygens (including phenoxy) is 2. The summed E-state index contributed by atoms with van der Waals surface area (Å²) in [6.45, 7) is 4.66. The van der Waals surface area contributed by atoms with Crippen LogP contribution in [0.5, 0.6) is 5.75 Å². The SMILES string of the molecule is COCCCN1C(=O)C(=O)/C(=C(/O)c2ccc(OC)c(C)c2)[C@@H]1c1ccc(C)cc1. The van der Waals surface area contributed by atoms with Crippen molar-refractivity contribution in [1.82, 2.24) is 4.90 Å². The minimum Gasteiger partial charge on any atom is -0.507 e. The van der Waals surface area contributed by atoms with Crippen LogP contribution in [-0.2, 0) is 14.3 Å². The lowest BCUT2D eigenvalue weighted by atomic mass is 9.94. The van der Waals surface area contributed by atoms with E-state index in [-0.39, 0.29) is 11.3 Å². The van der Waals surface area contributed by atoms with Crippen molar-refractivity contribution in [2.75, 3.05) is 27.4 Å². The van der Waals surface area contributed by atoms with Gasteiger partial charge >= 0.3 is 0 Å². The van der Waals surface area contributed by atoms with Crippen LogP contribution in [0.3, 0.4) is 0 Å². The molecule has 0 bridgehead atoms. The Balaban J connectivity index is 2.12. The van der Waals surface area contributed by atoms with Gasteiger partial charge in [0.2, 0.25) is 0 Å². The van der Waals surface area contributed by atoms with E-state index in [2.05, 4.69) is 0 Å². The van der Waals surface area contributed by atoms with Crippen LogP contribution in [0.1, 0.15) is 34.7 Å². The maximum Gasteiger partial charge on any atom is 0.295 e. The van der Waals surface area contributed by atoms with Crippen LogP contribution >= 0.6 is 0 Å². The first-order chi connectivity index (χ1) is 14.4. The minimum atomic E-state index is -0.677. The molecule has 6 nitrogen and oxygen atoms in total. The van der Waals surface area contributed by atoms with Gasteiger partial charge < -0.3 is 19.5 Å². The highest BCUT2D eigenvalue weighted by molar-refractivity contribution is 6.46. The number of benzene rings is 2. The first-order valence-corrected chi connectivity index (χ1v) is 9.88. The number of hydrogen-bond donors (Lipinski definition) is 1. The first kappa shape index (κ1) is 21.6. The van der Waals surface area contributed by atoms with E-state index in [1.807, 2.05) is 38.1 Å². The number of methoxy groups -OCH3 is 2. The number of carbonyl (C=O) groups excluding carboxylic acids is 2. The molecule has 1 amide bonds. The average molecular weight is 409 g/mol. The van der Waals surface area contributed by atoms with Crippen LogP contribution in [0.4, 0.5) is 0 Å². The van der Waals surface area contributed by atoms with Gasteiger partial charge in [0, 0.05) is 25.8 Å². The number of aryl methyl sites for hydroxylation is 2. The topological polar surface area (TPSA) is 76.1 Å². The molecule has 6 heteroatoms. The van der Waals surface area contributed by atoms with E-state index < -0.39 is 17.7 Å². The first-order valence-electron chi connectivity index (χ1n) is 9.88. The summed E-state index contributed by atoms with van der Waals surface area (Å²) in [4.78, 5) is 27.3. The van der Waals surface area contributed by atoms with Crippen molar-refractivity contribution < 1.29 is 24.2 Å². The van der Waals surface area contributed by atoms with E-state index in [4.69, 9.17) is 9.47 Å². The van der Waals surface area contributed by atoms with Crippen LogP contribution in [0.25, 0.3) is 5.76 Å². The van der Waals surface area contributed by atoms with Gasteiger partial charge in [-0.3, -0.25) is 9.59 Å². The number of rotatable bonds is 7. The molecule has 2 aromatic carbocycles. The van der Waals surface area contributed by atoms with Crippen LogP contribution in [0, 0.1) is 13.8 Å². The van der Waals surface area contributed by atoms with Crippen LogP contribution in [0.15, 0.2) is 48.0 Å². The fourth-order valence-electron chi connectivity index (χ4n) is 3.77. The lowest BCUT2D eigenvalue weighted by Gasteiger charge is -2.25. The normalized spacial score (nSPS) is 18.1. The number of carbonyl (C=O) groups is 2. The van der Waals surface area contributed by atoms with Crippen molar-refractivity contribution in [3.63, 3.8) is 0 Å². The zero-order valence-electron chi connectivity index (χ0n) is 17.8. The second-order valence-electron chi connectivity index (χ2n) is 7.43. The monoisotopic (exact) mass is 409 g/mol. The third-order valence-corrected chi connectivity index (χ3v) is 5.35. The van der Waals surface area contributed by atoms with Crippen LogP contribution in [-0.4, -0.2) is 49.1 Å². The third-order valence-electron chi connectivity index (χ3n) is 5.35. The summed E-state index contributed by atoms with van der Waals surface area (Å²) in [6.07, 6.45) is 0.591. The van der Waals surface area contributed by atoms with Crippen molar-refractivity contribution in [2.45, 2.75) is 26.3 Å². The van der Waals surface area contributed by atoms with Crippen LogP contribution < -0.4 is 4.74 Å². The minimum absolute atomic E-state index is 0.103. The van der Waals surface area contributed by atoms with Gasteiger partial charge in [-0.2, -0.15) is 0 Å². The molecule has 2 aromatic rings. The quantitative estimate of drug-likeness (QED) is 0.326. The smallest absolute Gasteiger partial charge is 0.295 e. The number of likely N-dealkylation sites (tertiary alicyclic amines) is 1. The standard InChI is InChI=1S/C24H27NO5/c1-15-6-8-17(9-7-15)21-20(23(27)24(28)25(21)12-5-13-29-3)22(26)18-10-11-19(30-4)16(2)14-18/h6-11,14,21,26H,5,12-13H2,1-4H3/b22-20+/t21-/m0/s1. The predicted molar refractivity (Wildman–Crippen MR) is 114 cm³/mol. The molecule has 30 heavy (non-hydrogen) atoms. The highest BCUT2D eigenvalue weighted by atomic mass is 16.5. The molecule has 0 radical (unpaired) electrons. The number of nitrogens with zero attached hydrogens (tertiary/aromatic N) is 1. The Morgan fingerprint density at radius 2 is 1.77 bits per heavy atom. The van der Waals surface area contributed by atoms with Crippen molar-refractivity contribution >= 4 is 17.4 Å². The average Bonchev–Trinajstić information content (AvgIpc) is 2.99. The number of aliphatic hydroxyl groups is 1. The van der Waals surface area contributed by atoms with Gasteiger partial charge in [-0.25, -0.2) is 0 Å². The van der Waals surface area contributed by atoms with Crippen molar-refractivity contribution in [1.29, 1.82) is 0 Å². The third kappa shape index (κ3) is 4.09. The Hall–Kier alpha value is -3.12. The van der Waals surface area contributed by atoms with Crippen molar-refractivity contribution in [3.05, 3.63) is 70.3 Å². The van der Waals surface area contributed by atoms with E-state index in [0.717, 1.165) is 16.7 Å². The summed E-state index contributed by atoms with van der Waals surface area (Å²) < 4.78 is 10.4. The number of aliphatic hydroxyl groups excluding tert-OH is 1. The van der Waals surface area contributed by atoms with E-state index in [0.29, 0.717) is 30.9 Å². The van der Waals surface area contributed by atoms with E-state index in [1.165, 1.54) is 4.90 Å². The Morgan fingerprint density at radius 1 is 1.07 bits per heavy atom. The molecule has 1 aliphatic rings.